The number of likely N-dealkylation sites (tertiary alicyclic amines) is 1. The molecule has 1 aromatic rings. The van der Waals surface area contributed by atoms with Crippen molar-refractivity contribution in [2.75, 3.05) is 64.4 Å². The van der Waals surface area contributed by atoms with E-state index in [0.29, 0.717) is 12.0 Å². The largest absolute Gasteiger partial charge is 0.390 e. The molecule has 2 aliphatic heterocycles. The normalized spacial score (nSPS) is 23.7. The minimum absolute atomic E-state index is 0.256. The van der Waals surface area contributed by atoms with Gasteiger partial charge in [0, 0.05) is 44.3 Å². The van der Waals surface area contributed by atoms with Gasteiger partial charge in [-0.2, -0.15) is 0 Å². The molecule has 0 bridgehead atoms. The third kappa shape index (κ3) is 5.16. The standard InChI is InChI=1S/C20H33N5O2/c1-23(17-2-3-17)14-18(26)15-24-8-5-16(6-9-24)20-21-7-4-19(22-20)25-10-12-27-13-11-25/h4,7,16-18,26H,2-3,5-6,8-15H2,1H3. The van der Waals surface area contributed by atoms with E-state index in [1.54, 1.807) is 0 Å². The molecule has 2 saturated heterocycles. The van der Waals surface area contributed by atoms with Crippen LogP contribution in [0, 0.1) is 0 Å². The number of aliphatic hydroxyl groups excluding tert-OH is 1. The van der Waals surface area contributed by atoms with E-state index < -0.39 is 0 Å². The fourth-order valence-electron chi connectivity index (χ4n) is 4.26. The molecule has 1 aromatic heterocycles. The molecule has 27 heavy (non-hydrogen) atoms. The monoisotopic (exact) mass is 375 g/mol. The molecule has 1 saturated carbocycles. The lowest BCUT2D eigenvalue weighted by Gasteiger charge is -2.34. The van der Waals surface area contributed by atoms with Gasteiger partial charge in [0.05, 0.1) is 19.3 Å². The molecule has 7 nitrogen and oxygen atoms in total. The number of hydrogen-bond donors (Lipinski definition) is 1. The van der Waals surface area contributed by atoms with Crippen LogP contribution in [0.25, 0.3) is 0 Å². The molecule has 0 radical (unpaired) electrons. The van der Waals surface area contributed by atoms with Crippen molar-refractivity contribution in [2.24, 2.45) is 0 Å². The summed E-state index contributed by atoms with van der Waals surface area (Å²) in [6.07, 6.45) is 6.36. The molecular formula is C20H33N5O2. The molecule has 3 heterocycles. The second-order valence-corrected chi connectivity index (χ2v) is 8.27. The van der Waals surface area contributed by atoms with Gasteiger partial charge < -0.3 is 24.5 Å². The van der Waals surface area contributed by atoms with E-state index in [9.17, 15) is 5.11 Å². The van der Waals surface area contributed by atoms with Crippen LogP contribution >= 0.6 is 0 Å². The van der Waals surface area contributed by atoms with Crippen molar-refractivity contribution in [3.63, 3.8) is 0 Å². The van der Waals surface area contributed by atoms with Gasteiger partial charge in [0.2, 0.25) is 0 Å². The van der Waals surface area contributed by atoms with Crippen molar-refractivity contribution in [3.05, 3.63) is 18.1 Å². The number of anilines is 1. The zero-order chi connectivity index (χ0) is 18.6. The van der Waals surface area contributed by atoms with Gasteiger partial charge in [-0.25, -0.2) is 9.97 Å². The van der Waals surface area contributed by atoms with Gasteiger partial charge in [-0.15, -0.1) is 0 Å². The van der Waals surface area contributed by atoms with Crippen LogP contribution in [0.1, 0.15) is 37.4 Å². The Hall–Kier alpha value is -1.28. The molecular weight excluding hydrogens is 342 g/mol. The number of rotatable bonds is 7. The molecule has 1 unspecified atom stereocenters. The van der Waals surface area contributed by atoms with Crippen LogP contribution in [0.5, 0.6) is 0 Å². The van der Waals surface area contributed by atoms with Crippen molar-refractivity contribution in [3.8, 4) is 0 Å². The van der Waals surface area contributed by atoms with E-state index in [0.717, 1.165) is 77.0 Å². The summed E-state index contributed by atoms with van der Waals surface area (Å²) in [5.41, 5.74) is 0. The van der Waals surface area contributed by atoms with Gasteiger partial charge in [0.15, 0.2) is 0 Å². The van der Waals surface area contributed by atoms with E-state index in [2.05, 4.69) is 26.7 Å². The zero-order valence-electron chi connectivity index (χ0n) is 16.5. The van der Waals surface area contributed by atoms with Crippen molar-refractivity contribution in [2.45, 2.75) is 43.7 Å². The Morgan fingerprint density at radius 2 is 1.93 bits per heavy atom. The van der Waals surface area contributed by atoms with E-state index in [1.807, 2.05) is 12.3 Å². The zero-order valence-corrected chi connectivity index (χ0v) is 16.5. The molecule has 0 aromatic carbocycles. The van der Waals surface area contributed by atoms with Crippen LogP contribution in [0.4, 0.5) is 5.82 Å². The quantitative estimate of drug-likeness (QED) is 0.761. The Bertz CT molecular complexity index is 598. The number of nitrogens with zero attached hydrogens (tertiary/aromatic N) is 5. The predicted octanol–water partition coefficient (Wildman–Crippen LogP) is 0.948. The SMILES string of the molecule is CN(CC(O)CN1CCC(c2nccc(N3CCOCC3)n2)CC1)C1CC1. The predicted molar refractivity (Wildman–Crippen MR) is 105 cm³/mol. The number of likely N-dealkylation sites (N-methyl/N-ethyl adjacent to an activating group) is 1. The molecule has 1 atom stereocenters. The topological polar surface area (TPSA) is 65.0 Å². The third-order valence-corrected chi connectivity index (χ3v) is 6.09. The summed E-state index contributed by atoms with van der Waals surface area (Å²) in [6.45, 7) is 6.95. The Balaban J connectivity index is 1.26. The number of hydrogen-bond acceptors (Lipinski definition) is 7. The summed E-state index contributed by atoms with van der Waals surface area (Å²) >= 11 is 0. The summed E-state index contributed by atoms with van der Waals surface area (Å²) in [4.78, 5) is 16.4. The highest BCUT2D eigenvalue weighted by molar-refractivity contribution is 5.38. The lowest BCUT2D eigenvalue weighted by molar-refractivity contribution is 0.0693. The summed E-state index contributed by atoms with van der Waals surface area (Å²) in [5.74, 6) is 2.44. The minimum Gasteiger partial charge on any atom is -0.390 e. The fourth-order valence-corrected chi connectivity index (χ4v) is 4.26. The highest BCUT2D eigenvalue weighted by Gasteiger charge is 2.29. The Morgan fingerprint density at radius 3 is 2.63 bits per heavy atom. The maximum absolute atomic E-state index is 10.4. The average molecular weight is 376 g/mol. The van der Waals surface area contributed by atoms with E-state index in [-0.39, 0.29) is 6.10 Å². The summed E-state index contributed by atoms with van der Waals surface area (Å²) in [5, 5.41) is 10.4. The molecule has 1 aliphatic carbocycles. The van der Waals surface area contributed by atoms with Crippen LogP contribution in [-0.4, -0.2) is 96.6 Å². The Kier molecular flexibility index (Phi) is 6.22. The number of morpholine rings is 1. The number of β-amino-alcohol motifs (C(OH)–C–C–N with tert-alkyl or cyclic N) is 1. The highest BCUT2D eigenvalue weighted by Crippen LogP contribution is 2.28. The maximum Gasteiger partial charge on any atom is 0.133 e. The molecule has 7 heteroatoms. The van der Waals surface area contributed by atoms with Gasteiger partial charge in [0.1, 0.15) is 11.6 Å². The summed E-state index contributed by atoms with van der Waals surface area (Å²) in [7, 11) is 2.13. The van der Waals surface area contributed by atoms with Crippen LogP contribution in [0.2, 0.25) is 0 Å². The summed E-state index contributed by atoms with van der Waals surface area (Å²) < 4.78 is 5.44. The van der Waals surface area contributed by atoms with Crippen LogP contribution < -0.4 is 4.90 Å². The van der Waals surface area contributed by atoms with Crippen LogP contribution in [-0.2, 0) is 4.74 Å². The molecule has 3 aliphatic rings. The van der Waals surface area contributed by atoms with E-state index in [4.69, 9.17) is 9.72 Å². The molecule has 0 spiro atoms. The summed E-state index contributed by atoms with van der Waals surface area (Å²) in [6, 6.07) is 2.72. The molecule has 150 valence electrons. The smallest absolute Gasteiger partial charge is 0.133 e. The highest BCUT2D eigenvalue weighted by atomic mass is 16.5. The fraction of sp³-hybridized carbons (Fsp3) is 0.800. The van der Waals surface area contributed by atoms with Gasteiger partial charge in [-0.1, -0.05) is 0 Å². The van der Waals surface area contributed by atoms with Crippen LogP contribution in [0.3, 0.4) is 0 Å². The van der Waals surface area contributed by atoms with Gasteiger partial charge in [-0.05, 0) is 51.9 Å². The average Bonchev–Trinajstić information content (AvgIpc) is 3.55. The van der Waals surface area contributed by atoms with Crippen molar-refractivity contribution >= 4 is 5.82 Å². The molecule has 4 rings (SSSR count). The first kappa shape index (κ1) is 19.1. The lowest BCUT2D eigenvalue weighted by Crippen LogP contribution is -2.42. The second-order valence-electron chi connectivity index (χ2n) is 8.27. The van der Waals surface area contributed by atoms with Crippen molar-refractivity contribution in [1.29, 1.82) is 0 Å². The first-order valence-electron chi connectivity index (χ1n) is 10.5. The van der Waals surface area contributed by atoms with E-state index >= 15 is 0 Å². The first-order valence-corrected chi connectivity index (χ1v) is 10.5. The van der Waals surface area contributed by atoms with Gasteiger partial charge >= 0.3 is 0 Å². The Morgan fingerprint density at radius 1 is 1.19 bits per heavy atom. The second kappa shape index (κ2) is 8.82. The van der Waals surface area contributed by atoms with Gasteiger partial charge in [0.25, 0.3) is 0 Å². The molecule has 0 amide bonds. The van der Waals surface area contributed by atoms with Crippen LogP contribution in [0.15, 0.2) is 12.3 Å². The molecule has 1 N–H and O–H groups in total. The third-order valence-electron chi connectivity index (χ3n) is 6.09. The number of ether oxygens (including phenoxy) is 1. The maximum atomic E-state index is 10.4. The number of piperidine rings is 1. The van der Waals surface area contributed by atoms with Crippen molar-refractivity contribution in [1.82, 2.24) is 19.8 Å². The minimum atomic E-state index is -0.256. The van der Waals surface area contributed by atoms with Gasteiger partial charge in [-0.3, -0.25) is 0 Å². The number of aromatic nitrogens is 2. The Labute approximate surface area is 162 Å². The molecule has 3 fully saturated rings. The first-order chi connectivity index (χ1) is 13.2. The lowest BCUT2D eigenvalue weighted by atomic mass is 9.95. The number of aliphatic hydroxyl groups is 1. The van der Waals surface area contributed by atoms with E-state index in [1.165, 1.54) is 12.8 Å². The van der Waals surface area contributed by atoms with Crippen molar-refractivity contribution < 1.29 is 9.84 Å².